The molecule has 0 bridgehead atoms. The van der Waals surface area contributed by atoms with Crippen LogP contribution in [0.2, 0.25) is 0 Å². The van der Waals surface area contributed by atoms with Crippen LogP contribution in [0.1, 0.15) is 32.8 Å². The van der Waals surface area contributed by atoms with Gasteiger partial charge < -0.3 is 0 Å². The summed E-state index contributed by atoms with van der Waals surface area (Å²) >= 11 is 0. The molecule has 1 aromatic rings. The van der Waals surface area contributed by atoms with Crippen molar-refractivity contribution in [3.8, 4) is 0 Å². The molecule has 1 aliphatic rings. The zero-order valence-electron chi connectivity index (χ0n) is 10.7. The number of rotatable bonds is 2. The van der Waals surface area contributed by atoms with E-state index in [1.807, 2.05) is 0 Å². The van der Waals surface area contributed by atoms with Crippen LogP contribution in [-0.4, -0.2) is 18.0 Å². The van der Waals surface area contributed by atoms with E-state index in [1.165, 1.54) is 25.1 Å². The summed E-state index contributed by atoms with van der Waals surface area (Å²) in [4.78, 5) is 2.59. The van der Waals surface area contributed by atoms with E-state index < -0.39 is 0 Å². The largest absolute Gasteiger partial charge is 0.299 e. The molecule has 2 rings (SSSR count). The van der Waals surface area contributed by atoms with E-state index in [1.54, 1.807) is 0 Å². The third-order valence-electron chi connectivity index (χ3n) is 3.75. The molecule has 1 heteroatoms. The highest BCUT2D eigenvalue weighted by molar-refractivity contribution is 5.14. The molecular weight excluding hydrogens is 194 g/mol. The maximum atomic E-state index is 2.59. The van der Waals surface area contributed by atoms with Gasteiger partial charge in [-0.15, -0.1) is 0 Å². The lowest BCUT2D eigenvalue weighted by molar-refractivity contribution is 0.226. The van der Waals surface area contributed by atoms with Gasteiger partial charge >= 0.3 is 0 Å². The van der Waals surface area contributed by atoms with Crippen molar-refractivity contribution in [3.63, 3.8) is 0 Å². The van der Waals surface area contributed by atoms with Crippen molar-refractivity contribution in [1.29, 1.82) is 0 Å². The lowest BCUT2D eigenvalue weighted by Crippen LogP contribution is -2.25. The molecule has 0 amide bonds. The van der Waals surface area contributed by atoms with Crippen molar-refractivity contribution in [3.05, 3.63) is 35.9 Å². The van der Waals surface area contributed by atoms with Gasteiger partial charge in [-0.05, 0) is 29.9 Å². The molecule has 0 aliphatic carbocycles. The van der Waals surface area contributed by atoms with E-state index in [4.69, 9.17) is 0 Å². The smallest absolute Gasteiger partial charge is 0.0233 e. The molecule has 1 heterocycles. The fourth-order valence-electron chi connectivity index (χ4n) is 2.52. The summed E-state index contributed by atoms with van der Waals surface area (Å²) in [5, 5.41) is 0. The second kappa shape index (κ2) is 4.58. The van der Waals surface area contributed by atoms with Gasteiger partial charge in [0.1, 0.15) is 0 Å². The second-order valence-corrected chi connectivity index (χ2v) is 6.07. The van der Waals surface area contributed by atoms with Crippen LogP contribution in [0, 0.1) is 11.3 Å². The van der Waals surface area contributed by atoms with E-state index in [-0.39, 0.29) is 0 Å². The maximum Gasteiger partial charge on any atom is 0.0233 e. The number of likely N-dealkylation sites (tertiary alicyclic amines) is 1. The quantitative estimate of drug-likeness (QED) is 0.732. The molecule has 88 valence electrons. The lowest BCUT2D eigenvalue weighted by Gasteiger charge is -2.27. The Morgan fingerprint density at radius 2 is 1.88 bits per heavy atom. The maximum absolute atomic E-state index is 2.59. The molecule has 16 heavy (non-hydrogen) atoms. The highest BCUT2D eigenvalue weighted by atomic mass is 15.1. The van der Waals surface area contributed by atoms with Crippen molar-refractivity contribution in [1.82, 2.24) is 4.90 Å². The molecule has 1 aromatic carbocycles. The first-order chi connectivity index (χ1) is 7.55. The summed E-state index contributed by atoms with van der Waals surface area (Å²) in [7, 11) is 0. The summed E-state index contributed by atoms with van der Waals surface area (Å²) in [5.41, 5.74) is 1.91. The Balaban J connectivity index is 1.91. The minimum absolute atomic E-state index is 0.464. The Morgan fingerprint density at radius 1 is 1.19 bits per heavy atom. The van der Waals surface area contributed by atoms with Gasteiger partial charge in [-0.1, -0.05) is 51.1 Å². The van der Waals surface area contributed by atoms with Gasteiger partial charge in [0.25, 0.3) is 0 Å². The fourth-order valence-corrected chi connectivity index (χ4v) is 2.52. The van der Waals surface area contributed by atoms with E-state index in [0.717, 1.165) is 12.5 Å². The molecule has 1 saturated heterocycles. The van der Waals surface area contributed by atoms with Gasteiger partial charge in [-0.2, -0.15) is 0 Å². The van der Waals surface area contributed by atoms with E-state index in [9.17, 15) is 0 Å². The van der Waals surface area contributed by atoms with Crippen LogP contribution in [0.5, 0.6) is 0 Å². The number of benzene rings is 1. The molecule has 1 aliphatic heterocycles. The van der Waals surface area contributed by atoms with Gasteiger partial charge in [0.2, 0.25) is 0 Å². The zero-order valence-corrected chi connectivity index (χ0v) is 10.7. The summed E-state index contributed by atoms with van der Waals surface area (Å²) < 4.78 is 0. The van der Waals surface area contributed by atoms with Crippen LogP contribution < -0.4 is 0 Å². The predicted molar refractivity (Wildman–Crippen MR) is 69.3 cm³/mol. The standard InChI is InChI=1S/C15H23N/c1-15(2,3)14-9-10-16(12-14)11-13-7-5-4-6-8-13/h4-8,14H,9-12H2,1-3H3/t14-/m0/s1. The third kappa shape index (κ3) is 2.85. The Bertz CT molecular complexity index is 323. The highest BCUT2D eigenvalue weighted by Gasteiger charge is 2.31. The van der Waals surface area contributed by atoms with Crippen LogP contribution in [0.3, 0.4) is 0 Å². The Hall–Kier alpha value is -0.820. The minimum Gasteiger partial charge on any atom is -0.299 e. The number of nitrogens with zero attached hydrogens (tertiary/aromatic N) is 1. The number of hydrogen-bond acceptors (Lipinski definition) is 1. The Labute approximate surface area is 99.5 Å². The highest BCUT2D eigenvalue weighted by Crippen LogP contribution is 2.33. The SMILES string of the molecule is CC(C)(C)[C@H]1CCN(Cc2ccccc2)C1. The molecule has 0 saturated carbocycles. The molecule has 0 aromatic heterocycles. The minimum atomic E-state index is 0.464. The summed E-state index contributed by atoms with van der Waals surface area (Å²) in [5.74, 6) is 0.858. The first-order valence-electron chi connectivity index (χ1n) is 6.32. The summed E-state index contributed by atoms with van der Waals surface area (Å²) in [6, 6.07) is 10.8. The first kappa shape index (κ1) is 11.7. The van der Waals surface area contributed by atoms with Crippen molar-refractivity contribution in [2.24, 2.45) is 11.3 Å². The molecular formula is C15H23N. The van der Waals surface area contributed by atoms with Crippen molar-refractivity contribution < 1.29 is 0 Å². The van der Waals surface area contributed by atoms with Crippen molar-refractivity contribution in [2.75, 3.05) is 13.1 Å². The fraction of sp³-hybridized carbons (Fsp3) is 0.600. The lowest BCUT2D eigenvalue weighted by atomic mass is 9.80. The van der Waals surface area contributed by atoms with E-state index in [2.05, 4.69) is 56.0 Å². The van der Waals surface area contributed by atoms with Crippen LogP contribution in [0.15, 0.2) is 30.3 Å². The van der Waals surface area contributed by atoms with E-state index in [0.29, 0.717) is 5.41 Å². The van der Waals surface area contributed by atoms with Crippen LogP contribution in [0.4, 0.5) is 0 Å². The molecule has 1 nitrogen and oxygen atoms in total. The molecule has 0 spiro atoms. The molecule has 0 N–H and O–H groups in total. The number of hydrogen-bond donors (Lipinski definition) is 0. The van der Waals surface area contributed by atoms with Crippen LogP contribution in [0.25, 0.3) is 0 Å². The molecule has 0 unspecified atom stereocenters. The monoisotopic (exact) mass is 217 g/mol. The zero-order chi connectivity index (χ0) is 11.6. The first-order valence-corrected chi connectivity index (χ1v) is 6.32. The van der Waals surface area contributed by atoms with Gasteiger partial charge in [0.05, 0.1) is 0 Å². The summed E-state index contributed by atoms with van der Waals surface area (Å²) in [6.07, 6.45) is 1.36. The summed E-state index contributed by atoms with van der Waals surface area (Å²) in [6.45, 7) is 10.7. The van der Waals surface area contributed by atoms with Crippen molar-refractivity contribution in [2.45, 2.75) is 33.7 Å². The van der Waals surface area contributed by atoms with Crippen LogP contribution in [-0.2, 0) is 6.54 Å². The molecule has 0 radical (unpaired) electrons. The van der Waals surface area contributed by atoms with Gasteiger partial charge in [-0.3, -0.25) is 4.90 Å². The average molecular weight is 217 g/mol. The molecule has 1 atom stereocenters. The average Bonchev–Trinajstić information content (AvgIpc) is 2.67. The second-order valence-electron chi connectivity index (χ2n) is 6.07. The van der Waals surface area contributed by atoms with Gasteiger partial charge in [0, 0.05) is 13.1 Å². The van der Waals surface area contributed by atoms with Gasteiger partial charge in [-0.25, -0.2) is 0 Å². The predicted octanol–water partition coefficient (Wildman–Crippen LogP) is 3.55. The molecule has 1 fully saturated rings. The van der Waals surface area contributed by atoms with Gasteiger partial charge in [0.15, 0.2) is 0 Å². The van der Waals surface area contributed by atoms with E-state index >= 15 is 0 Å². The normalized spacial score (nSPS) is 22.6. The van der Waals surface area contributed by atoms with Crippen molar-refractivity contribution >= 4 is 0 Å². The van der Waals surface area contributed by atoms with Crippen LogP contribution >= 0.6 is 0 Å². The topological polar surface area (TPSA) is 3.24 Å². The Kier molecular flexibility index (Phi) is 3.34. The third-order valence-corrected chi connectivity index (χ3v) is 3.75. The Morgan fingerprint density at radius 3 is 2.44 bits per heavy atom.